The van der Waals surface area contributed by atoms with Crippen LogP contribution in [0.4, 0.5) is 0 Å². The number of carbonyl (C=O) groups excluding carboxylic acids is 1. The van der Waals surface area contributed by atoms with Gasteiger partial charge in [0.25, 0.3) is 0 Å². The number of allylic oxidation sites excluding steroid dienone is 3. The van der Waals surface area contributed by atoms with E-state index in [1.807, 2.05) is 6.08 Å². The molecular formula is C11H14O. The Morgan fingerprint density at radius 2 is 2.50 bits per heavy atom. The molecule has 0 saturated heterocycles. The molecule has 1 heteroatoms. The first-order valence-electron chi connectivity index (χ1n) is 4.56. The molecule has 0 aromatic heterocycles. The molecule has 64 valence electrons. The average Bonchev–Trinajstić information content (AvgIpc) is 2.60. The number of aldehydes is 1. The predicted octanol–water partition coefficient (Wildman–Crippen LogP) is 2.34. The summed E-state index contributed by atoms with van der Waals surface area (Å²) < 4.78 is 0. The summed E-state index contributed by atoms with van der Waals surface area (Å²) in [6.07, 6.45) is 10.8. The zero-order valence-corrected chi connectivity index (χ0v) is 7.20. The first-order chi connectivity index (χ1) is 5.80. The van der Waals surface area contributed by atoms with Crippen molar-refractivity contribution >= 4 is 6.29 Å². The molecule has 0 radical (unpaired) electrons. The summed E-state index contributed by atoms with van der Waals surface area (Å²) in [6, 6.07) is 0. The van der Waals surface area contributed by atoms with E-state index in [1.54, 1.807) is 0 Å². The van der Waals surface area contributed by atoms with Gasteiger partial charge in [0.15, 0.2) is 0 Å². The SMILES string of the molecule is C=CCC12C=CC(CC1C=O)C2. The molecule has 2 aliphatic rings. The molecule has 0 N–H and O–H groups in total. The van der Waals surface area contributed by atoms with Crippen LogP contribution in [0.15, 0.2) is 24.8 Å². The fourth-order valence-electron chi connectivity index (χ4n) is 2.71. The lowest BCUT2D eigenvalue weighted by Crippen LogP contribution is -2.23. The molecule has 2 aliphatic carbocycles. The first kappa shape index (κ1) is 7.78. The van der Waals surface area contributed by atoms with Crippen LogP contribution in [0.3, 0.4) is 0 Å². The highest BCUT2D eigenvalue weighted by molar-refractivity contribution is 5.58. The van der Waals surface area contributed by atoms with Crippen LogP contribution >= 0.6 is 0 Å². The van der Waals surface area contributed by atoms with Gasteiger partial charge in [-0.3, -0.25) is 0 Å². The molecule has 1 saturated carbocycles. The van der Waals surface area contributed by atoms with Gasteiger partial charge in [-0.2, -0.15) is 0 Å². The van der Waals surface area contributed by atoms with Crippen molar-refractivity contribution in [1.29, 1.82) is 0 Å². The third-order valence-electron chi connectivity index (χ3n) is 3.33. The Labute approximate surface area is 73.2 Å². The van der Waals surface area contributed by atoms with Crippen molar-refractivity contribution in [3.8, 4) is 0 Å². The van der Waals surface area contributed by atoms with Gasteiger partial charge in [-0.15, -0.1) is 6.58 Å². The van der Waals surface area contributed by atoms with Gasteiger partial charge in [0, 0.05) is 11.3 Å². The minimum Gasteiger partial charge on any atom is -0.303 e. The molecule has 3 atom stereocenters. The molecule has 1 fully saturated rings. The van der Waals surface area contributed by atoms with Gasteiger partial charge in [0.1, 0.15) is 6.29 Å². The lowest BCUT2D eigenvalue weighted by atomic mass is 9.76. The molecule has 0 aliphatic heterocycles. The summed E-state index contributed by atoms with van der Waals surface area (Å²) in [4.78, 5) is 10.8. The molecule has 0 spiro atoms. The van der Waals surface area contributed by atoms with Crippen molar-refractivity contribution in [2.24, 2.45) is 17.3 Å². The molecular weight excluding hydrogens is 148 g/mol. The number of carbonyl (C=O) groups is 1. The predicted molar refractivity (Wildman–Crippen MR) is 48.7 cm³/mol. The van der Waals surface area contributed by atoms with Gasteiger partial charge in [-0.25, -0.2) is 0 Å². The monoisotopic (exact) mass is 162 g/mol. The van der Waals surface area contributed by atoms with Crippen molar-refractivity contribution in [3.05, 3.63) is 24.8 Å². The Morgan fingerprint density at radius 3 is 3.08 bits per heavy atom. The van der Waals surface area contributed by atoms with Gasteiger partial charge in [-0.1, -0.05) is 18.2 Å². The van der Waals surface area contributed by atoms with Crippen LogP contribution in [0.2, 0.25) is 0 Å². The lowest BCUT2D eigenvalue weighted by molar-refractivity contribution is -0.113. The third kappa shape index (κ3) is 0.889. The van der Waals surface area contributed by atoms with E-state index >= 15 is 0 Å². The second-order valence-corrected chi connectivity index (χ2v) is 4.03. The van der Waals surface area contributed by atoms with Crippen molar-refractivity contribution in [2.75, 3.05) is 0 Å². The summed E-state index contributed by atoms with van der Waals surface area (Å²) in [5.41, 5.74) is 0.161. The zero-order valence-electron chi connectivity index (χ0n) is 7.20. The van der Waals surface area contributed by atoms with Gasteiger partial charge >= 0.3 is 0 Å². The van der Waals surface area contributed by atoms with Crippen molar-refractivity contribution in [2.45, 2.75) is 19.3 Å². The second kappa shape index (κ2) is 2.58. The van der Waals surface area contributed by atoms with Crippen molar-refractivity contribution in [3.63, 3.8) is 0 Å². The van der Waals surface area contributed by atoms with Gasteiger partial charge < -0.3 is 4.79 Å². The Balaban J connectivity index is 2.26. The normalized spacial score (nSPS) is 43.3. The molecule has 12 heavy (non-hydrogen) atoms. The molecule has 1 nitrogen and oxygen atoms in total. The topological polar surface area (TPSA) is 17.1 Å². The number of rotatable bonds is 3. The van der Waals surface area contributed by atoms with E-state index in [2.05, 4.69) is 18.7 Å². The summed E-state index contributed by atoms with van der Waals surface area (Å²) in [5.74, 6) is 0.922. The standard InChI is InChI=1S/C11H14O/c1-2-4-11-5-3-9(7-11)6-10(11)8-12/h2-3,5,8-10H,1,4,6-7H2. The average molecular weight is 162 g/mol. The van der Waals surface area contributed by atoms with Crippen LogP contribution in [0.1, 0.15) is 19.3 Å². The summed E-state index contributed by atoms with van der Waals surface area (Å²) in [5, 5.41) is 0. The minimum atomic E-state index is 0.161. The quantitative estimate of drug-likeness (QED) is 0.460. The maximum atomic E-state index is 10.8. The molecule has 0 amide bonds. The second-order valence-electron chi connectivity index (χ2n) is 4.03. The van der Waals surface area contributed by atoms with E-state index in [0.29, 0.717) is 5.92 Å². The summed E-state index contributed by atoms with van der Waals surface area (Å²) >= 11 is 0. The fourth-order valence-corrected chi connectivity index (χ4v) is 2.71. The van der Waals surface area contributed by atoms with Gasteiger partial charge in [-0.05, 0) is 25.2 Å². The fraction of sp³-hybridized carbons (Fsp3) is 0.545. The maximum absolute atomic E-state index is 10.8. The van der Waals surface area contributed by atoms with Crippen LogP contribution in [0.25, 0.3) is 0 Å². The van der Waals surface area contributed by atoms with E-state index in [0.717, 1.165) is 19.1 Å². The van der Waals surface area contributed by atoms with Crippen LogP contribution < -0.4 is 0 Å². The van der Waals surface area contributed by atoms with Crippen LogP contribution in [0, 0.1) is 17.3 Å². The van der Waals surface area contributed by atoms with E-state index in [4.69, 9.17) is 0 Å². The Kier molecular flexibility index (Phi) is 1.67. The molecule has 2 rings (SSSR count). The van der Waals surface area contributed by atoms with E-state index in [9.17, 15) is 4.79 Å². The Bertz CT molecular complexity index is 241. The number of fused-ring (bicyclic) bond motifs is 2. The summed E-state index contributed by atoms with van der Waals surface area (Å²) in [7, 11) is 0. The molecule has 2 bridgehead atoms. The van der Waals surface area contributed by atoms with Crippen molar-refractivity contribution < 1.29 is 4.79 Å². The largest absolute Gasteiger partial charge is 0.303 e. The Morgan fingerprint density at radius 1 is 1.67 bits per heavy atom. The van der Waals surface area contributed by atoms with E-state index in [1.165, 1.54) is 6.42 Å². The summed E-state index contributed by atoms with van der Waals surface area (Å²) in [6.45, 7) is 3.75. The molecule has 0 aromatic carbocycles. The highest BCUT2D eigenvalue weighted by Gasteiger charge is 2.47. The lowest BCUT2D eigenvalue weighted by Gasteiger charge is -2.27. The highest BCUT2D eigenvalue weighted by atomic mass is 16.1. The highest BCUT2D eigenvalue weighted by Crippen LogP contribution is 2.54. The third-order valence-corrected chi connectivity index (χ3v) is 3.33. The van der Waals surface area contributed by atoms with Gasteiger partial charge in [0.05, 0.1) is 0 Å². The van der Waals surface area contributed by atoms with Crippen molar-refractivity contribution in [1.82, 2.24) is 0 Å². The van der Waals surface area contributed by atoms with Gasteiger partial charge in [0.2, 0.25) is 0 Å². The number of hydrogen-bond donors (Lipinski definition) is 0. The molecule has 0 aromatic rings. The smallest absolute Gasteiger partial charge is 0.123 e. The first-order valence-corrected chi connectivity index (χ1v) is 4.56. The van der Waals surface area contributed by atoms with E-state index < -0.39 is 0 Å². The van der Waals surface area contributed by atoms with Crippen LogP contribution in [-0.4, -0.2) is 6.29 Å². The van der Waals surface area contributed by atoms with Crippen LogP contribution in [0.5, 0.6) is 0 Å². The zero-order chi connectivity index (χ0) is 8.60. The van der Waals surface area contributed by atoms with Crippen LogP contribution in [-0.2, 0) is 4.79 Å². The van der Waals surface area contributed by atoms with E-state index in [-0.39, 0.29) is 11.3 Å². The maximum Gasteiger partial charge on any atom is 0.123 e. The Hall–Kier alpha value is -0.850. The minimum absolute atomic E-state index is 0.161. The number of hydrogen-bond acceptors (Lipinski definition) is 1. The molecule has 3 unspecified atom stereocenters. The molecule has 0 heterocycles.